The first-order valence-corrected chi connectivity index (χ1v) is 9.70. The number of halogens is 3. The fraction of sp³-hybridized carbons (Fsp3) is 0.200. The van der Waals surface area contributed by atoms with Crippen molar-refractivity contribution in [3.8, 4) is 17.2 Å². The molecule has 0 aliphatic heterocycles. The van der Waals surface area contributed by atoms with Gasteiger partial charge in [0, 0.05) is 18.1 Å². The van der Waals surface area contributed by atoms with Crippen LogP contribution in [0.4, 0.5) is 18.9 Å². The number of rotatable bonds is 7. The number of carbonyl (C=O) groups excluding carboxylic acids is 1. The number of carbonyl (C=O) groups is 1. The van der Waals surface area contributed by atoms with Gasteiger partial charge in [-0.2, -0.15) is 0 Å². The minimum Gasteiger partial charge on any atom is -0.495 e. The van der Waals surface area contributed by atoms with Gasteiger partial charge in [-0.05, 0) is 48.9 Å². The van der Waals surface area contributed by atoms with Gasteiger partial charge in [0.15, 0.2) is 5.16 Å². The highest BCUT2D eigenvalue weighted by molar-refractivity contribution is 7.99. The van der Waals surface area contributed by atoms with Gasteiger partial charge in [-0.1, -0.05) is 17.8 Å². The summed E-state index contributed by atoms with van der Waals surface area (Å²) in [5.74, 6) is 0.0525. The number of methoxy groups -OCH3 is 1. The second-order valence-electron chi connectivity index (χ2n) is 6.16. The van der Waals surface area contributed by atoms with Crippen LogP contribution < -0.4 is 14.8 Å². The third-order valence-corrected chi connectivity index (χ3v) is 4.87. The first kappa shape index (κ1) is 21.6. The molecule has 3 aromatic rings. The summed E-state index contributed by atoms with van der Waals surface area (Å²) in [6.07, 6.45) is -1.36. The smallest absolute Gasteiger partial charge is 0.495 e. The molecule has 1 N–H and O–H groups in total. The van der Waals surface area contributed by atoms with Gasteiger partial charge in [0.2, 0.25) is 5.91 Å². The largest absolute Gasteiger partial charge is 0.573 e. The maximum atomic E-state index is 12.2. The van der Waals surface area contributed by atoms with E-state index in [2.05, 4.69) is 15.0 Å². The molecule has 30 heavy (non-hydrogen) atoms. The van der Waals surface area contributed by atoms with E-state index in [0.717, 1.165) is 23.4 Å². The number of amides is 1. The third kappa shape index (κ3) is 5.69. The van der Waals surface area contributed by atoms with Crippen LogP contribution in [-0.2, 0) is 4.79 Å². The first-order chi connectivity index (χ1) is 14.2. The average Bonchev–Trinajstić information content (AvgIpc) is 3.15. The van der Waals surface area contributed by atoms with Gasteiger partial charge in [-0.25, -0.2) is 4.98 Å². The Hall–Kier alpha value is -3.14. The normalized spacial score (nSPS) is 11.2. The molecule has 2 aromatic carbocycles. The van der Waals surface area contributed by atoms with Crippen molar-refractivity contribution >= 4 is 23.4 Å². The van der Waals surface area contributed by atoms with Crippen LogP contribution in [0.1, 0.15) is 5.56 Å². The minimum atomic E-state index is -4.76. The van der Waals surface area contributed by atoms with Crippen molar-refractivity contribution in [2.45, 2.75) is 18.4 Å². The highest BCUT2D eigenvalue weighted by atomic mass is 32.2. The SMILES string of the molecule is COc1ccc(C)cc1-n1ccnc1SCC(=O)Nc1ccc(OC(F)(F)F)cc1. The Morgan fingerprint density at radius 1 is 1.20 bits per heavy atom. The summed E-state index contributed by atoms with van der Waals surface area (Å²) < 4.78 is 47.6. The van der Waals surface area contributed by atoms with Crippen LogP contribution in [0, 0.1) is 6.92 Å². The Labute approximate surface area is 175 Å². The number of thioether (sulfide) groups is 1. The van der Waals surface area contributed by atoms with E-state index in [9.17, 15) is 18.0 Å². The predicted molar refractivity (Wildman–Crippen MR) is 107 cm³/mol. The maximum absolute atomic E-state index is 12.2. The van der Waals surface area contributed by atoms with Crippen molar-refractivity contribution in [1.82, 2.24) is 9.55 Å². The van der Waals surface area contributed by atoms with E-state index in [4.69, 9.17) is 4.74 Å². The molecule has 0 unspecified atom stereocenters. The third-order valence-electron chi connectivity index (χ3n) is 3.90. The van der Waals surface area contributed by atoms with E-state index in [1.807, 2.05) is 29.7 Å². The lowest BCUT2D eigenvalue weighted by Crippen LogP contribution is -2.17. The highest BCUT2D eigenvalue weighted by Gasteiger charge is 2.30. The summed E-state index contributed by atoms with van der Waals surface area (Å²) in [7, 11) is 1.58. The summed E-state index contributed by atoms with van der Waals surface area (Å²) in [6.45, 7) is 1.96. The Bertz CT molecular complexity index is 1020. The Kier molecular flexibility index (Phi) is 6.56. The van der Waals surface area contributed by atoms with Crippen molar-refractivity contribution < 1.29 is 27.4 Å². The summed E-state index contributed by atoms with van der Waals surface area (Å²) in [5.41, 5.74) is 2.21. The van der Waals surface area contributed by atoms with Crippen molar-refractivity contribution in [2.24, 2.45) is 0 Å². The Morgan fingerprint density at radius 3 is 2.60 bits per heavy atom. The molecular weight excluding hydrogens is 419 g/mol. The van der Waals surface area contributed by atoms with Gasteiger partial charge in [0.25, 0.3) is 0 Å². The molecule has 0 spiro atoms. The minimum absolute atomic E-state index is 0.0615. The number of nitrogens with one attached hydrogen (secondary N) is 1. The predicted octanol–water partition coefficient (Wildman–Crippen LogP) is 4.82. The molecule has 0 saturated carbocycles. The Morgan fingerprint density at radius 2 is 1.93 bits per heavy atom. The molecule has 158 valence electrons. The first-order valence-electron chi connectivity index (χ1n) is 8.72. The molecule has 3 rings (SSSR count). The topological polar surface area (TPSA) is 65.4 Å². The summed E-state index contributed by atoms with van der Waals surface area (Å²) >= 11 is 1.22. The number of benzene rings is 2. The van der Waals surface area contributed by atoms with E-state index in [1.165, 1.54) is 23.9 Å². The van der Waals surface area contributed by atoms with Crippen LogP contribution in [0.2, 0.25) is 0 Å². The fourth-order valence-corrected chi connectivity index (χ4v) is 3.40. The number of hydrogen-bond donors (Lipinski definition) is 1. The van der Waals surface area contributed by atoms with Crippen LogP contribution in [0.25, 0.3) is 5.69 Å². The molecule has 0 fully saturated rings. The lowest BCUT2D eigenvalue weighted by atomic mass is 10.2. The lowest BCUT2D eigenvalue weighted by Gasteiger charge is -2.13. The molecule has 6 nitrogen and oxygen atoms in total. The zero-order chi connectivity index (χ0) is 21.7. The number of imidazole rings is 1. The molecule has 10 heteroatoms. The summed E-state index contributed by atoms with van der Waals surface area (Å²) in [5, 5.41) is 3.23. The second-order valence-corrected chi connectivity index (χ2v) is 7.11. The monoisotopic (exact) mass is 437 g/mol. The molecule has 0 atom stereocenters. The van der Waals surface area contributed by atoms with Crippen molar-refractivity contribution in [3.63, 3.8) is 0 Å². The van der Waals surface area contributed by atoms with Gasteiger partial charge >= 0.3 is 6.36 Å². The van der Waals surface area contributed by atoms with Gasteiger partial charge in [-0.3, -0.25) is 9.36 Å². The van der Waals surface area contributed by atoms with Gasteiger partial charge in [-0.15, -0.1) is 13.2 Å². The van der Waals surface area contributed by atoms with Crippen LogP contribution >= 0.6 is 11.8 Å². The number of aryl methyl sites for hydroxylation is 1. The van der Waals surface area contributed by atoms with Crippen molar-refractivity contribution in [2.75, 3.05) is 18.2 Å². The lowest BCUT2D eigenvalue weighted by molar-refractivity contribution is -0.274. The quantitative estimate of drug-likeness (QED) is 0.537. The van der Waals surface area contributed by atoms with E-state index in [0.29, 0.717) is 16.6 Å². The number of hydrogen-bond acceptors (Lipinski definition) is 5. The molecule has 0 aliphatic carbocycles. The second kappa shape index (κ2) is 9.12. The van der Waals surface area contributed by atoms with Gasteiger partial charge in [0.1, 0.15) is 11.5 Å². The fourth-order valence-electron chi connectivity index (χ4n) is 2.64. The van der Waals surface area contributed by atoms with Gasteiger partial charge in [0.05, 0.1) is 18.6 Å². The number of nitrogens with zero attached hydrogens (tertiary/aromatic N) is 2. The molecule has 0 aliphatic rings. The molecular formula is C20H18F3N3O3S. The molecule has 0 radical (unpaired) electrons. The molecule has 1 aromatic heterocycles. The van der Waals surface area contributed by atoms with Crippen LogP contribution in [0.5, 0.6) is 11.5 Å². The van der Waals surface area contributed by atoms with Crippen molar-refractivity contribution in [1.29, 1.82) is 0 Å². The standard InChI is InChI=1S/C20H18F3N3O3S/c1-13-3-8-17(28-2)16(11-13)26-10-9-24-19(26)30-12-18(27)25-14-4-6-15(7-5-14)29-20(21,22)23/h3-11H,12H2,1-2H3,(H,25,27). The molecule has 1 heterocycles. The molecule has 1 amide bonds. The molecule has 0 saturated heterocycles. The van der Waals surface area contributed by atoms with E-state index in [-0.39, 0.29) is 17.4 Å². The van der Waals surface area contributed by atoms with Crippen LogP contribution in [0.3, 0.4) is 0 Å². The summed E-state index contributed by atoms with van der Waals surface area (Å²) in [4.78, 5) is 16.5. The number of alkyl halides is 3. The number of anilines is 1. The number of aromatic nitrogens is 2. The zero-order valence-electron chi connectivity index (χ0n) is 16.1. The summed E-state index contributed by atoms with van der Waals surface area (Å²) in [6, 6.07) is 10.7. The number of ether oxygens (including phenoxy) is 2. The van der Waals surface area contributed by atoms with Crippen LogP contribution in [-0.4, -0.2) is 34.7 Å². The van der Waals surface area contributed by atoms with Crippen LogP contribution in [0.15, 0.2) is 60.0 Å². The Balaban J connectivity index is 1.63. The maximum Gasteiger partial charge on any atom is 0.573 e. The van der Waals surface area contributed by atoms with E-state index in [1.54, 1.807) is 19.5 Å². The van der Waals surface area contributed by atoms with Gasteiger partial charge < -0.3 is 14.8 Å². The van der Waals surface area contributed by atoms with Crippen molar-refractivity contribution in [3.05, 3.63) is 60.4 Å². The van der Waals surface area contributed by atoms with E-state index >= 15 is 0 Å². The van der Waals surface area contributed by atoms with E-state index < -0.39 is 6.36 Å². The zero-order valence-corrected chi connectivity index (χ0v) is 16.9. The highest BCUT2D eigenvalue weighted by Crippen LogP contribution is 2.29. The average molecular weight is 437 g/mol. The molecule has 0 bridgehead atoms.